The standard InChI is InChI=1S/C22H24ClN3O/c1-15-4-2-5-16(10-15)20-12-24-25-22(20)17-6-3-9-26(13-17)14-18-11-19(23)7-8-21(18)27/h2,4-5,7-8,10-12,17,27H,3,6,9,13-14H2,1H3,(H,24,25). The highest BCUT2D eigenvalue weighted by atomic mass is 35.5. The first-order valence-electron chi connectivity index (χ1n) is 9.40. The predicted molar refractivity (Wildman–Crippen MR) is 109 cm³/mol. The third-order valence-electron chi connectivity index (χ3n) is 5.35. The van der Waals surface area contributed by atoms with Crippen molar-refractivity contribution in [3.8, 4) is 16.9 Å². The van der Waals surface area contributed by atoms with Gasteiger partial charge in [-0.25, -0.2) is 0 Å². The molecule has 0 amide bonds. The number of aromatic nitrogens is 2. The van der Waals surface area contributed by atoms with Crippen LogP contribution < -0.4 is 0 Å². The lowest BCUT2D eigenvalue weighted by Gasteiger charge is -2.33. The van der Waals surface area contributed by atoms with Crippen LogP contribution in [0.1, 0.15) is 35.6 Å². The number of benzene rings is 2. The Kier molecular flexibility index (Phi) is 5.19. The second-order valence-electron chi connectivity index (χ2n) is 7.41. The summed E-state index contributed by atoms with van der Waals surface area (Å²) < 4.78 is 0. The molecule has 1 aliphatic rings. The van der Waals surface area contributed by atoms with Gasteiger partial charge in [0, 0.05) is 40.9 Å². The molecule has 3 aromatic rings. The first-order chi connectivity index (χ1) is 13.1. The van der Waals surface area contributed by atoms with Gasteiger partial charge in [0.2, 0.25) is 0 Å². The maximum atomic E-state index is 10.1. The van der Waals surface area contributed by atoms with Crippen LogP contribution in [0.2, 0.25) is 5.02 Å². The van der Waals surface area contributed by atoms with Crippen LogP contribution in [0.25, 0.3) is 11.1 Å². The molecular weight excluding hydrogens is 358 g/mol. The Bertz CT molecular complexity index is 937. The summed E-state index contributed by atoms with van der Waals surface area (Å²) in [7, 11) is 0. The van der Waals surface area contributed by atoms with Gasteiger partial charge in [-0.1, -0.05) is 41.4 Å². The zero-order chi connectivity index (χ0) is 18.8. The smallest absolute Gasteiger partial charge is 0.120 e. The van der Waals surface area contributed by atoms with Crippen LogP contribution in [0.15, 0.2) is 48.7 Å². The monoisotopic (exact) mass is 381 g/mol. The van der Waals surface area contributed by atoms with Crippen LogP contribution in [0.5, 0.6) is 5.75 Å². The first-order valence-corrected chi connectivity index (χ1v) is 9.78. The number of likely N-dealkylation sites (tertiary alicyclic amines) is 1. The minimum absolute atomic E-state index is 0.309. The van der Waals surface area contributed by atoms with E-state index in [4.69, 9.17) is 11.6 Å². The van der Waals surface area contributed by atoms with E-state index in [1.807, 2.05) is 12.3 Å². The van der Waals surface area contributed by atoms with Crippen molar-refractivity contribution >= 4 is 11.6 Å². The third-order valence-corrected chi connectivity index (χ3v) is 5.58. The number of hydrogen-bond acceptors (Lipinski definition) is 3. The van der Waals surface area contributed by atoms with E-state index in [0.29, 0.717) is 23.2 Å². The van der Waals surface area contributed by atoms with E-state index < -0.39 is 0 Å². The van der Waals surface area contributed by atoms with Gasteiger partial charge in [-0.05, 0) is 50.1 Å². The number of phenols is 1. The van der Waals surface area contributed by atoms with Crippen LogP contribution in [0, 0.1) is 6.92 Å². The Morgan fingerprint density at radius 3 is 3.00 bits per heavy atom. The van der Waals surface area contributed by atoms with Crippen LogP contribution in [0.3, 0.4) is 0 Å². The zero-order valence-corrected chi connectivity index (χ0v) is 16.2. The summed E-state index contributed by atoms with van der Waals surface area (Å²) in [6, 6.07) is 13.8. The minimum atomic E-state index is 0.309. The highest BCUT2D eigenvalue weighted by molar-refractivity contribution is 6.30. The molecule has 2 aromatic carbocycles. The highest BCUT2D eigenvalue weighted by Crippen LogP contribution is 2.34. The van der Waals surface area contributed by atoms with Gasteiger partial charge < -0.3 is 5.11 Å². The molecule has 0 bridgehead atoms. The van der Waals surface area contributed by atoms with Crippen LogP contribution in [-0.4, -0.2) is 33.3 Å². The number of phenolic OH excluding ortho intramolecular Hbond substituents is 1. The number of aryl methyl sites for hydroxylation is 1. The average Bonchev–Trinajstić information content (AvgIpc) is 3.15. The third kappa shape index (κ3) is 4.02. The number of hydrogen-bond donors (Lipinski definition) is 2. The topological polar surface area (TPSA) is 52.2 Å². The van der Waals surface area contributed by atoms with Crippen molar-refractivity contribution in [3.05, 3.63) is 70.5 Å². The van der Waals surface area contributed by atoms with Crippen molar-refractivity contribution < 1.29 is 5.11 Å². The molecule has 2 heterocycles. The van der Waals surface area contributed by atoms with Gasteiger partial charge in [0.15, 0.2) is 0 Å². The SMILES string of the molecule is Cc1cccc(-c2cn[nH]c2C2CCCN(Cc3cc(Cl)ccc3O)C2)c1. The molecule has 4 nitrogen and oxygen atoms in total. The molecule has 0 saturated carbocycles. The molecule has 5 heteroatoms. The number of nitrogens with one attached hydrogen (secondary N) is 1. The lowest BCUT2D eigenvalue weighted by molar-refractivity contribution is 0.197. The molecule has 4 rings (SSSR count). The number of rotatable bonds is 4. The van der Waals surface area contributed by atoms with Crippen molar-refractivity contribution in [3.63, 3.8) is 0 Å². The van der Waals surface area contributed by atoms with E-state index in [0.717, 1.165) is 31.5 Å². The molecule has 0 spiro atoms. The molecule has 1 saturated heterocycles. The Labute approximate surface area is 164 Å². The molecule has 140 valence electrons. The normalized spacial score (nSPS) is 17.9. The summed E-state index contributed by atoms with van der Waals surface area (Å²) in [6.07, 6.45) is 4.20. The second kappa shape index (κ2) is 7.75. The molecule has 0 radical (unpaired) electrons. The van der Waals surface area contributed by atoms with Gasteiger partial charge in [-0.15, -0.1) is 0 Å². The van der Waals surface area contributed by atoms with Crippen LogP contribution >= 0.6 is 11.6 Å². The maximum absolute atomic E-state index is 10.1. The number of halogens is 1. The lowest BCUT2D eigenvalue weighted by atomic mass is 9.90. The molecule has 2 N–H and O–H groups in total. The predicted octanol–water partition coefficient (Wildman–Crippen LogP) is 5.12. The zero-order valence-electron chi connectivity index (χ0n) is 15.5. The van der Waals surface area contributed by atoms with E-state index in [-0.39, 0.29) is 0 Å². The fraction of sp³-hybridized carbons (Fsp3) is 0.318. The number of H-pyrrole nitrogens is 1. The second-order valence-corrected chi connectivity index (χ2v) is 7.85. The molecular formula is C22H24ClN3O. The van der Waals surface area contributed by atoms with E-state index in [1.54, 1.807) is 12.1 Å². The summed E-state index contributed by atoms with van der Waals surface area (Å²) in [5, 5.41) is 18.4. The summed E-state index contributed by atoms with van der Waals surface area (Å²) in [5.74, 6) is 0.710. The van der Waals surface area contributed by atoms with Gasteiger partial charge in [0.1, 0.15) is 5.75 Å². The van der Waals surface area contributed by atoms with Crippen molar-refractivity contribution in [2.24, 2.45) is 0 Å². The van der Waals surface area contributed by atoms with E-state index in [1.165, 1.54) is 22.4 Å². The van der Waals surface area contributed by atoms with Crippen molar-refractivity contribution in [1.29, 1.82) is 0 Å². The summed E-state index contributed by atoms with van der Waals surface area (Å²) in [4.78, 5) is 2.39. The van der Waals surface area contributed by atoms with Gasteiger partial charge in [-0.3, -0.25) is 10.00 Å². The first kappa shape index (κ1) is 18.1. The van der Waals surface area contributed by atoms with Crippen molar-refractivity contribution in [2.75, 3.05) is 13.1 Å². The van der Waals surface area contributed by atoms with Crippen molar-refractivity contribution in [2.45, 2.75) is 32.2 Å². The summed E-state index contributed by atoms with van der Waals surface area (Å²) >= 11 is 6.10. The molecule has 1 unspecified atom stereocenters. The van der Waals surface area contributed by atoms with Gasteiger partial charge in [-0.2, -0.15) is 5.10 Å². The Morgan fingerprint density at radius 1 is 1.26 bits per heavy atom. The minimum Gasteiger partial charge on any atom is -0.508 e. The number of piperidine rings is 1. The average molecular weight is 382 g/mol. The summed E-state index contributed by atoms with van der Waals surface area (Å²) in [6.45, 7) is 4.78. The van der Waals surface area contributed by atoms with Gasteiger partial charge in [0.25, 0.3) is 0 Å². The highest BCUT2D eigenvalue weighted by Gasteiger charge is 2.25. The largest absolute Gasteiger partial charge is 0.508 e. The Morgan fingerprint density at radius 2 is 2.15 bits per heavy atom. The number of nitrogens with zero attached hydrogens (tertiary/aromatic N) is 2. The fourth-order valence-electron chi connectivity index (χ4n) is 4.01. The van der Waals surface area contributed by atoms with E-state index in [9.17, 15) is 5.11 Å². The number of aromatic amines is 1. The Balaban J connectivity index is 1.54. The van der Waals surface area contributed by atoms with Gasteiger partial charge in [0.05, 0.1) is 6.20 Å². The van der Waals surface area contributed by atoms with Crippen molar-refractivity contribution in [1.82, 2.24) is 15.1 Å². The van der Waals surface area contributed by atoms with Gasteiger partial charge >= 0.3 is 0 Å². The maximum Gasteiger partial charge on any atom is 0.120 e. The quantitative estimate of drug-likeness (QED) is 0.659. The summed E-state index contributed by atoms with van der Waals surface area (Å²) in [5.41, 5.74) is 5.74. The molecule has 0 aliphatic carbocycles. The van der Waals surface area contributed by atoms with Crippen LogP contribution in [-0.2, 0) is 6.54 Å². The molecule has 1 atom stereocenters. The molecule has 1 aliphatic heterocycles. The Hall–Kier alpha value is -2.30. The molecule has 27 heavy (non-hydrogen) atoms. The van der Waals surface area contributed by atoms with Crippen LogP contribution in [0.4, 0.5) is 0 Å². The lowest BCUT2D eigenvalue weighted by Crippen LogP contribution is -2.34. The van der Waals surface area contributed by atoms with E-state index in [2.05, 4.69) is 46.3 Å². The molecule has 1 fully saturated rings. The fourth-order valence-corrected chi connectivity index (χ4v) is 4.20. The van der Waals surface area contributed by atoms with E-state index >= 15 is 0 Å². The number of aromatic hydroxyl groups is 1. The molecule has 1 aromatic heterocycles.